The van der Waals surface area contributed by atoms with E-state index in [0.717, 1.165) is 28.2 Å². The summed E-state index contributed by atoms with van der Waals surface area (Å²) in [6.07, 6.45) is 0.232. The molecule has 0 radical (unpaired) electrons. The second-order valence-corrected chi connectivity index (χ2v) is 7.38. The minimum atomic E-state index is -1.09. The molecule has 0 spiro atoms. The van der Waals surface area contributed by atoms with Crippen LogP contribution in [0.15, 0.2) is 54.6 Å². The maximum absolute atomic E-state index is 13.2. The molecule has 160 valence electrons. The molecule has 2 aromatic carbocycles. The number of β-amino-alcohol motifs (C(OH)–C–C–N with tert-alkyl or cyclic N) is 1. The summed E-state index contributed by atoms with van der Waals surface area (Å²) in [5.74, 6) is 0.418. The van der Waals surface area contributed by atoms with Crippen LogP contribution in [0, 0.1) is 0 Å². The number of ether oxygens (including phenoxy) is 2. The number of methoxy groups -OCH3 is 1. The van der Waals surface area contributed by atoms with Crippen LogP contribution in [0.4, 0.5) is 4.79 Å². The second-order valence-electron chi connectivity index (χ2n) is 7.38. The van der Waals surface area contributed by atoms with Crippen molar-refractivity contribution in [2.45, 2.75) is 38.0 Å². The van der Waals surface area contributed by atoms with Gasteiger partial charge in [-0.3, -0.25) is 9.69 Å². The number of carbonyl (C=O) groups excluding carboxylic acids is 2. The van der Waals surface area contributed by atoms with Crippen molar-refractivity contribution < 1.29 is 24.2 Å². The number of amides is 3. The van der Waals surface area contributed by atoms with E-state index in [1.807, 2.05) is 61.5 Å². The highest BCUT2D eigenvalue weighted by atomic mass is 16.5. The van der Waals surface area contributed by atoms with Crippen LogP contribution in [0.3, 0.4) is 0 Å². The highest BCUT2D eigenvalue weighted by Crippen LogP contribution is 2.33. The van der Waals surface area contributed by atoms with Gasteiger partial charge in [-0.05, 0) is 29.7 Å². The van der Waals surface area contributed by atoms with Crippen molar-refractivity contribution in [3.63, 3.8) is 0 Å². The van der Waals surface area contributed by atoms with Gasteiger partial charge in [0.15, 0.2) is 0 Å². The number of rotatable bonds is 10. The lowest BCUT2D eigenvalue weighted by atomic mass is 9.85. The zero-order valence-electron chi connectivity index (χ0n) is 17.3. The van der Waals surface area contributed by atoms with Crippen molar-refractivity contribution in [1.82, 2.24) is 10.2 Å². The number of imide groups is 1. The lowest BCUT2D eigenvalue weighted by Crippen LogP contribution is -2.44. The van der Waals surface area contributed by atoms with Crippen LogP contribution < -0.4 is 10.1 Å². The smallest absolute Gasteiger partial charge is 0.325 e. The average Bonchev–Trinajstić information content (AvgIpc) is 3.00. The number of nitrogens with one attached hydrogen (secondary N) is 1. The standard InChI is InChI=1S/C23H28N2O5/c1-3-13-23(18-7-5-4-6-8-18)21(27)25(22(28)24-23)14-19(26)16-30-15-17-9-11-20(29-2)12-10-17/h4-12,19,26H,3,13-16H2,1-2H3,(H,24,28)/t19-,23+/m1/s1. The number of hydrogen-bond acceptors (Lipinski definition) is 5. The quantitative estimate of drug-likeness (QED) is 0.586. The second kappa shape index (κ2) is 9.73. The molecule has 0 aromatic heterocycles. The Morgan fingerprint density at radius 3 is 2.43 bits per heavy atom. The molecular weight excluding hydrogens is 384 g/mol. The molecule has 7 heteroatoms. The van der Waals surface area contributed by atoms with Crippen LogP contribution >= 0.6 is 0 Å². The van der Waals surface area contributed by atoms with Gasteiger partial charge in [-0.1, -0.05) is 55.8 Å². The zero-order valence-corrected chi connectivity index (χ0v) is 17.3. The Bertz CT molecular complexity index is 856. The molecule has 2 atom stereocenters. The number of hydrogen-bond donors (Lipinski definition) is 2. The number of nitrogens with zero attached hydrogens (tertiary/aromatic N) is 1. The van der Waals surface area contributed by atoms with E-state index >= 15 is 0 Å². The normalized spacial score (nSPS) is 19.6. The fourth-order valence-electron chi connectivity index (χ4n) is 3.70. The molecule has 1 fully saturated rings. The third-order valence-corrected chi connectivity index (χ3v) is 5.20. The number of carbonyl (C=O) groups is 2. The van der Waals surface area contributed by atoms with Gasteiger partial charge >= 0.3 is 6.03 Å². The summed E-state index contributed by atoms with van der Waals surface area (Å²) >= 11 is 0. The van der Waals surface area contributed by atoms with Gasteiger partial charge in [0, 0.05) is 0 Å². The van der Waals surface area contributed by atoms with Crippen molar-refractivity contribution in [3.8, 4) is 5.75 Å². The molecule has 30 heavy (non-hydrogen) atoms. The van der Waals surface area contributed by atoms with Crippen LogP contribution in [-0.4, -0.2) is 48.3 Å². The number of aliphatic hydroxyl groups is 1. The molecule has 2 N–H and O–H groups in total. The molecule has 0 unspecified atom stereocenters. The minimum absolute atomic E-state index is 0.00913. The number of urea groups is 1. The molecule has 7 nitrogen and oxygen atoms in total. The molecule has 1 saturated heterocycles. The number of aliphatic hydroxyl groups excluding tert-OH is 1. The molecule has 3 amide bonds. The third kappa shape index (κ3) is 4.63. The Labute approximate surface area is 176 Å². The van der Waals surface area contributed by atoms with Gasteiger partial charge in [0.25, 0.3) is 5.91 Å². The van der Waals surface area contributed by atoms with Crippen molar-refractivity contribution in [2.24, 2.45) is 0 Å². The Hall–Kier alpha value is -2.90. The van der Waals surface area contributed by atoms with Gasteiger partial charge in [-0.15, -0.1) is 0 Å². The van der Waals surface area contributed by atoms with Gasteiger partial charge in [-0.25, -0.2) is 4.79 Å². The first-order valence-electron chi connectivity index (χ1n) is 10.1. The summed E-state index contributed by atoms with van der Waals surface area (Å²) in [5, 5.41) is 13.2. The highest BCUT2D eigenvalue weighted by molar-refractivity contribution is 6.07. The predicted molar refractivity (Wildman–Crippen MR) is 112 cm³/mol. The highest BCUT2D eigenvalue weighted by Gasteiger charge is 2.51. The molecule has 0 bridgehead atoms. The van der Waals surface area contributed by atoms with Gasteiger partial charge in [0.05, 0.1) is 33.0 Å². The first kappa shape index (κ1) is 21.8. The van der Waals surface area contributed by atoms with Gasteiger partial charge in [0.2, 0.25) is 0 Å². The van der Waals surface area contributed by atoms with E-state index < -0.39 is 17.7 Å². The van der Waals surface area contributed by atoms with E-state index in [0.29, 0.717) is 13.0 Å². The van der Waals surface area contributed by atoms with E-state index in [1.54, 1.807) is 7.11 Å². The molecule has 2 aromatic rings. The van der Waals surface area contributed by atoms with Crippen molar-refractivity contribution >= 4 is 11.9 Å². The number of benzene rings is 2. The summed E-state index contributed by atoms with van der Waals surface area (Å²) in [7, 11) is 1.60. The Kier molecular flexibility index (Phi) is 7.07. The molecule has 0 saturated carbocycles. The van der Waals surface area contributed by atoms with Crippen LogP contribution in [0.1, 0.15) is 30.9 Å². The largest absolute Gasteiger partial charge is 0.497 e. The Balaban J connectivity index is 1.60. The van der Waals surface area contributed by atoms with E-state index in [-0.39, 0.29) is 19.1 Å². The van der Waals surface area contributed by atoms with Crippen LogP contribution in [0.5, 0.6) is 5.75 Å². The summed E-state index contributed by atoms with van der Waals surface area (Å²) < 4.78 is 10.7. The Morgan fingerprint density at radius 2 is 1.80 bits per heavy atom. The molecule has 3 rings (SSSR count). The maximum Gasteiger partial charge on any atom is 0.325 e. The summed E-state index contributed by atoms with van der Waals surface area (Å²) in [5.41, 5.74) is 0.596. The van der Waals surface area contributed by atoms with E-state index in [4.69, 9.17) is 9.47 Å². The van der Waals surface area contributed by atoms with Crippen LogP contribution in [0.2, 0.25) is 0 Å². The first-order valence-corrected chi connectivity index (χ1v) is 10.1. The monoisotopic (exact) mass is 412 g/mol. The molecular formula is C23H28N2O5. The predicted octanol–water partition coefficient (Wildman–Crippen LogP) is 2.82. The zero-order chi connectivity index (χ0) is 21.6. The Morgan fingerprint density at radius 1 is 1.10 bits per heavy atom. The van der Waals surface area contributed by atoms with E-state index in [9.17, 15) is 14.7 Å². The van der Waals surface area contributed by atoms with Crippen molar-refractivity contribution in [1.29, 1.82) is 0 Å². The van der Waals surface area contributed by atoms with Crippen molar-refractivity contribution in [2.75, 3.05) is 20.3 Å². The molecule has 0 aliphatic carbocycles. The summed E-state index contributed by atoms with van der Waals surface area (Å²) in [6, 6.07) is 16.2. The third-order valence-electron chi connectivity index (χ3n) is 5.20. The fraction of sp³-hybridized carbons (Fsp3) is 0.391. The van der Waals surface area contributed by atoms with E-state index in [1.165, 1.54) is 0 Å². The molecule has 1 aliphatic rings. The van der Waals surface area contributed by atoms with E-state index in [2.05, 4.69) is 5.32 Å². The van der Waals surface area contributed by atoms with Gasteiger partial charge < -0.3 is 19.9 Å². The lowest BCUT2D eigenvalue weighted by Gasteiger charge is -2.27. The maximum atomic E-state index is 13.2. The van der Waals surface area contributed by atoms with Crippen LogP contribution in [-0.2, 0) is 21.7 Å². The first-order chi connectivity index (χ1) is 14.5. The minimum Gasteiger partial charge on any atom is -0.497 e. The average molecular weight is 412 g/mol. The van der Waals surface area contributed by atoms with Crippen LogP contribution in [0.25, 0.3) is 0 Å². The summed E-state index contributed by atoms with van der Waals surface area (Å²) in [6.45, 7) is 2.17. The summed E-state index contributed by atoms with van der Waals surface area (Å²) in [4.78, 5) is 26.9. The van der Waals surface area contributed by atoms with Gasteiger partial charge in [-0.2, -0.15) is 0 Å². The fourth-order valence-corrected chi connectivity index (χ4v) is 3.70. The molecule has 1 heterocycles. The lowest BCUT2D eigenvalue weighted by molar-refractivity contribution is -0.133. The topological polar surface area (TPSA) is 88.1 Å². The molecule has 1 aliphatic heterocycles. The van der Waals surface area contributed by atoms with Gasteiger partial charge in [0.1, 0.15) is 11.3 Å². The van der Waals surface area contributed by atoms with Crippen molar-refractivity contribution in [3.05, 3.63) is 65.7 Å². The SMILES string of the molecule is CCC[C@@]1(c2ccccc2)NC(=O)N(C[C@@H](O)COCc2ccc(OC)cc2)C1=O.